The summed E-state index contributed by atoms with van der Waals surface area (Å²) in [6.45, 7) is 2.20. The van der Waals surface area contributed by atoms with Crippen LogP contribution in [0.5, 0.6) is 5.75 Å². The lowest BCUT2D eigenvalue weighted by Crippen LogP contribution is -2.22. The third kappa shape index (κ3) is 5.06. The van der Waals surface area contributed by atoms with Gasteiger partial charge in [-0.2, -0.15) is 0 Å². The summed E-state index contributed by atoms with van der Waals surface area (Å²) in [4.78, 5) is 12.9. The van der Waals surface area contributed by atoms with Crippen LogP contribution in [0.2, 0.25) is 0 Å². The molecular weight excluding hydrogens is 400 g/mol. The maximum atomic E-state index is 12.8. The number of sulfonamides is 1. The van der Waals surface area contributed by atoms with E-state index in [0.717, 1.165) is 15.4 Å². The summed E-state index contributed by atoms with van der Waals surface area (Å²) in [7, 11) is -0.662. The first-order valence-corrected chi connectivity index (χ1v) is 10.8. The third-order valence-electron chi connectivity index (χ3n) is 4.58. The summed E-state index contributed by atoms with van der Waals surface area (Å²) in [5, 5.41) is 2.80. The molecule has 0 aromatic heterocycles. The van der Waals surface area contributed by atoms with Crippen LogP contribution in [0.1, 0.15) is 21.5 Å². The molecule has 30 heavy (non-hydrogen) atoms. The summed E-state index contributed by atoms with van der Waals surface area (Å²) >= 11 is 0. The van der Waals surface area contributed by atoms with E-state index in [0.29, 0.717) is 23.6 Å². The first kappa shape index (κ1) is 21.5. The van der Waals surface area contributed by atoms with Crippen LogP contribution in [0.25, 0.3) is 0 Å². The smallest absolute Gasteiger partial charge is 0.255 e. The monoisotopic (exact) mass is 424 g/mol. The highest BCUT2D eigenvalue weighted by atomic mass is 32.2. The van der Waals surface area contributed by atoms with Crippen LogP contribution in [0.15, 0.2) is 77.7 Å². The SMILES string of the molecule is Cc1ccc(S(=O)(=O)N(C)C)cc1NC(=O)c1cccc(OCc2ccccc2)c1. The minimum Gasteiger partial charge on any atom is -0.489 e. The number of aryl methyl sites for hydroxylation is 1. The van der Waals surface area contributed by atoms with Gasteiger partial charge in [-0.05, 0) is 48.4 Å². The molecule has 3 aromatic carbocycles. The summed E-state index contributed by atoms with van der Waals surface area (Å²) in [5.74, 6) is 0.231. The van der Waals surface area contributed by atoms with Gasteiger partial charge in [-0.3, -0.25) is 4.79 Å². The molecular formula is C23H24N2O4S. The van der Waals surface area contributed by atoms with Crippen molar-refractivity contribution in [2.75, 3.05) is 19.4 Å². The lowest BCUT2D eigenvalue weighted by Gasteiger charge is -2.14. The van der Waals surface area contributed by atoms with E-state index in [4.69, 9.17) is 4.74 Å². The summed E-state index contributed by atoms with van der Waals surface area (Å²) < 4.78 is 31.7. The molecule has 7 heteroatoms. The van der Waals surface area contributed by atoms with Crippen LogP contribution >= 0.6 is 0 Å². The van der Waals surface area contributed by atoms with Crippen molar-refractivity contribution in [2.24, 2.45) is 0 Å². The molecule has 0 aliphatic carbocycles. The van der Waals surface area contributed by atoms with E-state index in [-0.39, 0.29) is 10.8 Å². The zero-order valence-electron chi connectivity index (χ0n) is 17.1. The Morgan fingerprint density at radius 1 is 0.967 bits per heavy atom. The average Bonchev–Trinajstić information content (AvgIpc) is 2.74. The fourth-order valence-electron chi connectivity index (χ4n) is 2.77. The van der Waals surface area contributed by atoms with Crippen molar-refractivity contribution in [3.63, 3.8) is 0 Å². The fraction of sp³-hybridized carbons (Fsp3) is 0.174. The molecule has 0 radical (unpaired) electrons. The van der Waals surface area contributed by atoms with E-state index in [1.54, 1.807) is 37.3 Å². The maximum absolute atomic E-state index is 12.8. The Bertz CT molecular complexity index is 1140. The number of hydrogen-bond donors (Lipinski definition) is 1. The number of anilines is 1. The second-order valence-corrected chi connectivity index (χ2v) is 9.17. The number of ether oxygens (including phenoxy) is 1. The molecule has 156 valence electrons. The number of nitrogens with zero attached hydrogens (tertiary/aromatic N) is 1. The van der Waals surface area contributed by atoms with E-state index in [9.17, 15) is 13.2 Å². The van der Waals surface area contributed by atoms with Gasteiger partial charge in [-0.15, -0.1) is 0 Å². The minimum atomic E-state index is -3.59. The first-order valence-electron chi connectivity index (χ1n) is 9.39. The third-order valence-corrected chi connectivity index (χ3v) is 6.39. The second kappa shape index (κ2) is 9.11. The maximum Gasteiger partial charge on any atom is 0.255 e. The van der Waals surface area contributed by atoms with Crippen LogP contribution in [-0.2, 0) is 16.6 Å². The lowest BCUT2D eigenvalue weighted by atomic mass is 10.1. The van der Waals surface area contributed by atoms with Crippen LogP contribution in [-0.4, -0.2) is 32.7 Å². The van der Waals surface area contributed by atoms with Gasteiger partial charge in [0.1, 0.15) is 12.4 Å². The van der Waals surface area contributed by atoms with E-state index in [1.165, 1.54) is 26.2 Å². The van der Waals surface area contributed by atoms with Crippen molar-refractivity contribution in [3.8, 4) is 5.75 Å². The quantitative estimate of drug-likeness (QED) is 0.620. The van der Waals surface area contributed by atoms with Crippen LogP contribution in [0.3, 0.4) is 0 Å². The van der Waals surface area contributed by atoms with Gasteiger partial charge in [-0.1, -0.05) is 42.5 Å². The summed E-state index contributed by atoms with van der Waals surface area (Å²) in [6.07, 6.45) is 0. The molecule has 0 saturated carbocycles. The first-order chi connectivity index (χ1) is 14.3. The standard InChI is InChI=1S/C23H24N2O4S/c1-17-12-13-21(30(27,28)25(2)3)15-22(17)24-23(26)19-10-7-11-20(14-19)29-16-18-8-5-4-6-9-18/h4-15H,16H2,1-3H3,(H,24,26). The Balaban J connectivity index is 1.76. The molecule has 0 atom stereocenters. The number of hydrogen-bond acceptors (Lipinski definition) is 4. The topological polar surface area (TPSA) is 75.7 Å². The molecule has 3 rings (SSSR count). The van der Waals surface area contributed by atoms with Crippen molar-refractivity contribution < 1.29 is 17.9 Å². The van der Waals surface area contributed by atoms with Crippen molar-refractivity contribution in [1.82, 2.24) is 4.31 Å². The Morgan fingerprint density at radius 2 is 1.70 bits per heavy atom. The van der Waals surface area contributed by atoms with Crippen molar-refractivity contribution in [1.29, 1.82) is 0 Å². The van der Waals surface area contributed by atoms with Gasteiger partial charge in [0.2, 0.25) is 10.0 Å². The molecule has 0 unspecified atom stereocenters. The Morgan fingerprint density at radius 3 is 2.40 bits per heavy atom. The molecule has 0 fully saturated rings. The molecule has 1 amide bonds. The van der Waals surface area contributed by atoms with E-state index in [1.807, 2.05) is 30.3 Å². The number of benzene rings is 3. The minimum absolute atomic E-state index is 0.119. The molecule has 0 bridgehead atoms. The number of carbonyl (C=O) groups is 1. The molecule has 0 saturated heterocycles. The van der Waals surface area contributed by atoms with Crippen molar-refractivity contribution in [3.05, 3.63) is 89.5 Å². The summed E-state index contributed by atoms with van der Waals surface area (Å²) in [5.41, 5.74) is 2.65. The molecule has 0 heterocycles. The van der Waals surface area contributed by atoms with Crippen molar-refractivity contribution >= 4 is 21.6 Å². The van der Waals surface area contributed by atoms with Gasteiger partial charge >= 0.3 is 0 Å². The zero-order valence-corrected chi connectivity index (χ0v) is 17.9. The number of rotatable bonds is 7. The van der Waals surface area contributed by atoms with Gasteiger partial charge in [0.15, 0.2) is 0 Å². The molecule has 1 N–H and O–H groups in total. The molecule has 0 aliphatic heterocycles. The van der Waals surface area contributed by atoms with Gasteiger partial charge in [-0.25, -0.2) is 12.7 Å². The van der Waals surface area contributed by atoms with Crippen LogP contribution in [0, 0.1) is 6.92 Å². The van der Waals surface area contributed by atoms with Gasteiger partial charge in [0.25, 0.3) is 5.91 Å². The average molecular weight is 425 g/mol. The van der Waals surface area contributed by atoms with Gasteiger partial charge in [0, 0.05) is 25.3 Å². The van der Waals surface area contributed by atoms with E-state index >= 15 is 0 Å². The molecule has 6 nitrogen and oxygen atoms in total. The number of amides is 1. The predicted octanol–water partition coefficient (Wildman–Crippen LogP) is 4.08. The largest absolute Gasteiger partial charge is 0.489 e. The highest BCUT2D eigenvalue weighted by Crippen LogP contribution is 2.23. The van der Waals surface area contributed by atoms with Gasteiger partial charge in [0.05, 0.1) is 4.90 Å². The van der Waals surface area contributed by atoms with Gasteiger partial charge < -0.3 is 10.1 Å². The van der Waals surface area contributed by atoms with Crippen LogP contribution in [0.4, 0.5) is 5.69 Å². The molecule has 0 spiro atoms. The highest BCUT2D eigenvalue weighted by molar-refractivity contribution is 7.89. The highest BCUT2D eigenvalue weighted by Gasteiger charge is 2.19. The normalized spacial score (nSPS) is 11.3. The Kier molecular flexibility index (Phi) is 6.54. The predicted molar refractivity (Wildman–Crippen MR) is 117 cm³/mol. The fourth-order valence-corrected chi connectivity index (χ4v) is 3.70. The van der Waals surface area contributed by atoms with E-state index in [2.05, 4.69) is 5.32 Å². The Labute approximate surface area is 177 Å². The Hall–Kier alpha value is -3.16. The number of carbonyl (C=O) groups excluding carboxylic acids is 1. The molecule has 0 aliphatic rings. The van der Waals surface area contributed by atoms with Crippen LogP contribution < -0.4 is 10.1 Å². The second-order valence-electron chi connectivity index (χ2n) is 7.02. The molecule has 3 aromatic rings. The zero-order chi connectivity index (χ0) is 21.7. The lowest BCUT2D eigenvalue weighted by molar-refractivity contribution is 0.102. The summed E-state index contributed by atoms with van der Waals surface area (Å²) in [6, 6.07) is 21.3. The van der Waals surface area contributed by atoms with E-state index < -0.39 is 10.0 Å². The van der Waals surface area contributed by atoms with Crippen molar-refractivity contribution in [2.45, 2.75) is 18.4 Å². The number of nitrogens with one attached hydrogen (secondary N) is 1.